The molecule has 8 aromatic rings. The Kier molecular flexibility index (Phi) is 8.29. The lowest BCUT2D eigenvalue weighted by atomic mass is 9.80. The van der Waals surface area contributed by atoms with Crippen LogP contribution in [0.15, 0.2) is 116 Å². The molecule has 0 unspecified atom stereocenters. The molecule has 6 nitrogen and oxygen atoms in total. The molecule has 0 fully saturated rings. The van der Waals surface area contributed by atoms with E-state index in [2.05, 4.69) is 175 Å². The largest absolute Gasteiger partial charge is 0.457 e. The topological polar surface area (TPSA) is 48.8 Å². The van der Waals surface area contributed by atoms with Gasteiger partial charge in [-0.2, -0.15) is 0 Å². The van der Waals surface area contributed by atoms with Crippen molar-refractivity contribution in [1.82, 2.24) is 19.1 Å². The maximum absolute atomic E-state index is 6.75. The maximum Gasteiger partial charge on any atom is 0.271 e. The molecule has 272 valence electrons. The minimum absolute atomic E-state index is 0.00509. The molecule has 0 radical (unpaired) electrons. The van der Waals surface area contributed by atoms with E-state index in [1.54, 1.807) is 0 Å². The van der Waals surface area contributed by atoms with Crippen LogP contribution in [0.5, 0.6) is 11.5 Å². The maximum atomic E-state index is 6.75. The summed E-state index contributed by atoms with van der Waals surface area (Å²) < 4.78 is 13.2. The van der Waals surface area contributed by atoms with Gasteiger partial charge in [0.25, 0.3) is 6.33 Å². The molecule has 0 aliphatic rings. The molecule has 6 heteroatoms. The fourth-order valence-corrected chi connectivity index (χ4v) is 7.15. The van der Waals surface area contributed by atoms with Crippen molar-refractivity contribution >= 4 is 32.8 Å². The summed E-state index contributed by atoms with van der Waals surface area (Å²) in [7, 11) is 0. The van der Waals surface area contributed by atoms with Crippen LogP contribution in [0.2, 0.25) is 0 Å². The quantitative estimate of drug-likeness (QED) is 0.132. The average molecular weight is 712 g/mol. The minimum Gasteiger partial charge on any atom is -0.457 e. The van der Waals surface area contributed by atoms with E-state index in [1.165, 1.54) is 22.1 Å². The first-order valence-corrected chi connectivity index (χ1v) is 18.8. The summed E-state index contributed by atoms with van der Waals surface area (Å²) in [6, 6.07) is 36.5. The number of ether oxygens (including phenoxy) is 1. The van der Waals surface area contributed by atoms with E-state index in [9.17, 15) is 0 Å². The smallest absolute Gasteiger partial charge is 0.271 e. The van der Waals surface area contributed by atoms with Crippen molar-refractivity contribution in [3.05, 3.63) is 144 Å². The first-order valence-electron chi connectivity index (χ1n) is 18.8. The van der Waals surface area contributed by atoms with Crippen LogP contribution in [0.25, 0.3) is 50.2 Å². The van der Waals surface area contributed by atoms with Crippen molar-refractivity contribution < 1.29 is 9.30 Å². The van der Waals surface area contributed by atoms with Gasteiger partial charge in [-0.05, 0) is 82.3 Å². The Morgan fingerprint density at radius 1 is 0.593 bits per heavy atom. The van der Waals surface area contributed by atoms with Crippen molar-refractivity contribution in [2.45, 2.75) is 85.5 Å². The zero-order valence-electron chi connectivity index (χ0n) is 33.1. The number of aryl methyl sites for hydroxylation is 1. The lowest BCUT2D eigenvalue weighted by molar-refractivity contribution is -0.572. The van der Waals surface area contributed by atoms with E-state index in [1.807, 2.05) is 30.0 Å². The average Bonchev–Trinajstić information content (AvgIpc) is 3.67. The molecule has 0 saturated heterocycles. The standard InChI is InChI=1S/C48H49N5O/c1-31-29-50-44(52-30-51(40-17-13-14-18-41(40)52)35-24-33(47(5,6)7)23-34(25-35)48(8,9)10)28-43(31)54-36-19-20-38-37-15-11-12-16-39(37)53(42(38)27-36)45-26-32(21-22-49-45)46(2,3)4/h11-29H,1-10H3. The monoisotopic (exact) mass is 711 g/mol. The third kappa shape index (κ3) is 6.34. The van der Waals surface area contributed by atoms with Gasteiger partial charge < -0.3 is 4.74 Å². The van der Waals surface area contributed by atoms with Gasteiger partial charge in [-0.25, -0.2) is 4.98 Å². The van der Waals surface area contributed by atoms with Gasteiger partial charge in [0.05, 0.1) is 27.8 Å². The highest BCUT2D eigenvalue weighted by Crippen LogP contribution is 2.37. The summed E-state index contributed by atoms with van der Waals surface area (Å²) in [5.41, 5.74) is 10.0. The number of para-hydroxylation sites is 3. The molecule has 4 heterocycles. The molecule has 0 N–H and O–H groups in total. The summed E-state index contributed by atoms with van der Waals surface area (Å²) in [5, 5.41) is 2.33. The van der Waals surface area contributed by atoms with E-state index in [4.69, 9.17) is 14.7 Å². The van der Waals surface area contributed by atoms with E-state index < -0.39 is 0 Å². The SMILES string of the molecule is Cc1cnc(-n2[c-][n+](-c3cc(C(C)(C)C)cc(C(C)(C)C)c3)c3ccccc32)cc1Oc1ccc2c3ccccc3n(-c3cc(C(C)(C)C)ccn3)c2c1. The van der Waals surface area contributed by atoms with E-state index in [0.717, 1.165) is 61.8 Å². The van der Waals surface area contributed by atoms with Gasteiger partial charge in [0.15, 0.2) is 5.82 Å². The molecule has 0 aliphatic heterocycles. The van der Waals surface area contributed by atoms with Crippen molar-refractivity contribution in [2.24, 2.45) is 0 Å². The third-order valence-electron chi connectivity index (χ3n) is 10.5. The predicted molar refractivity (Wildman–Crippen MR) is 221 cm³/mol. The summed E-state index contributed by atoms with van der Waals surface area (Å²) in [6.07, 6.45) is 7.47. The van der Waals surface area contributed by atoms with E-state index in [0.29, 0.717) is 0 Å². The van der Waals surface area contributed by atoms with Crippen LogP contribution in [-0.2, 0) is 16.2 Å². The number of aromatic nitrogens is 5. The Bertz CT molecular complexity index is 2680. The normalized spacial score (nSPS) is 12.6. The number of rotatable bonds is 5. The van der Waals surface area contributed by atoms with Crippen molar-refractivity contribution in [3.63, 3.8) is 0 Å². The Hall–Kier alpha value is -5.75. The Balaban J connectivity index is 1.23. The van der Waals surface area contributed by atoms with Crippen LogP contribution in [0, 0.1) is 13.3 Å². The zero-order valence-corrected chi connectivity index (χ0v) is 33.1. The second kappa shape index (κ2) is 12.7. The Morgan fingerprint density at radius 3 is 1.94 bits per heavy atom. The number of hydrogen-bond acceptors (Lipinski definition) is 3. The lowest BCUT2D eigenvalue weighted by Crippen LogP contribution is -2.31. The molecule has 54 heavy (non-hydrogen) atoms. The molecule has 0 spiro atoms. The second-order valence-corrected chi connectivity index (χ2v) is 17.6. The second-order valence-electron chi connectivity index (χ2n) is 17.6. The highest BCUT2D eigenvalue weighted by Gasteiger charge is 2.23. The van der Waals surface area contributed by atoms with Gasteiger partial charge in [-0.1, -0.05) is 111 Å². The minimum atomic E-state index is -0.00988. The van der Waals surface area contributed by atoms with Crippen molar-refractivity contribution in [1.29, 1.82) is 0 Å². The fourth-order valence-electron chi connectivity index (χ4n) is 7.15. The van der Waals surface area contributed by atoms with Crippen molar-refractivity contribution in [2.75, 3.05) is 0 Å². The van der Waals surface area contributed by atoms with Crippen molar-refractivity contribution in [3.8, 4) is 28.8 Å². The number of hydrogen-bond donors (Lipinski definition) is 0. The van der Waals surface area contributed by atoms with Crippen LogP contribution in [0.1, 0.15) is 84.6 Å². The summed E-state index contributed by atoms with van der Waals surface area (Å²) in [4.78, 5) is 9.76. The fraction of sp³-hybridized carbons (Fsp3) is 0.271. The summed E-state index contributed by atoms with van der Waals surface area (Å²) >= 11 is 0. The van der Waals surface area contributed by atoms with Crippen LogP contribution in [0.4, 0.5) is 0 Å². The van der Waals surface area contributed by atoms with E-state index in [-0.39, 0.29) is 16.2 Å². The zero-order chi connectivity index (χ0) is 38.2. The molecule has 4 aromatic heterocycles. The van der Waals surface area contributed by atoms with Gasteiger partial charge in [0, 0.05) is 40.9 Å². The summed E-state index contributed by atoms with van der Waals surface area (Å²) in [5.74, 6) is 3.09. The lowest BCUT2D eigenvalue weighted by Gasteiger charge is -2.26. The molecule has 0 saturated carbocycles. The molecule has 8 rings (SSSR count). The van der Waals surface area contributed by atoms with Crippen LogP contribution in [-0.4, -0.2) is 19.1 Å². The third-order valence-corrected chi connectivity index (χ3v) is 10.5. The number of fused-ring (bicyclic) bond motifs is 4. The van der Waals surface area contributed by atoms with Gasteiger partial charge >= 0.3 is 0 Å². The first-order chi connectivity index (χ1) is 25.6. The number of pyridine rings is 2. The Morgan fingerprint density at radius 2 is 1.24 bits per heavy atom. The van der Waals surface area contributed by atoms with Gasteiger partial charge in [-0.15, -0.1) is 0 Å². The molecular weight excluding hydrogens is 663 g/mol. The molecule has 0 bridgehead atoms. The number of imidazole rings is 1. The van der Waals surface area contributed by atoms with Gasteiger partial charge in [0.2, 0.25) is 0 Å². The summed E-state index contributed by atoms with van der Waals surface area (Å²) in [6.45, 7) is 22.4. The molecular formula is C48H49N5O. The highest BCUT2D eigenvalue weighted by atomic mass is 16.5. The Labute approximate surface area is 318 Å². The number of benzene rings is 4. The van der Waals surface area contributed by atoms with E-state index >= 15 is 0 Å². The predicted octanol–water partition coefficient (Wildman–Crippen LogP) is 11.6. The van der Waals surface area contributed by atoms with Crippen LogP contribution >= 0.6 is 0 Å². The van der Waals surface area contributed by atoms with Gasteiger partial charge in [0.1, 0.15) is 17.3 Å². The molecule has 0 aliphatic carbocycles. The first kappa shape index (κ1) is 35.3. The molecule has 0 amide bonds. The van der Waals surface area contributed by atoms with Gasteiger partial charge in [-0.3, -0.25) is 18.7 Å². The highest BCUT2D eigenvalue weighted by molar-refractivity contribution is 6.09. The van der Waals surface area contributed by atoms with Crippen LogP contribution < -0.4 is 9.30 Å². The number of nitrogens with zero attached hydrogens (tertiary/aromatic N) is 5. The molecule has 4 aromatic carbocycles. The molecule has 0 atom stereocenters. The van der Waals surface area contributed by atoms with Crippen LogP contribution in [0.3, 0.4) is 0 Å².